The predicted molar refractivity (Wildman–Crippen MR) is 112 cm³/mol. The molecule has 0 spiro atoms. The molecule has 1 aliphatic heterocycles. The molecule has 1 N–H and O–H groups in total. The second-order valence-electron chi connectivity index (χ2n) is 7.10. The van der Waals surface area contributed by atoms with Crippen LogP contribution >= 0.6 is 0 Å². The molecule has 0 fully saturated rings. The standard InChI is InChI=1S/C23H24N4O/c1-3-17-8-10-20(11-9-17)26-23(28)21-14-22(25-16(2)24-21)27-13-12-18-6-4-5-7-19(18)15-27/h4-11,14H,3,12-13,15H2,1-2H3,(H,26,28). The Morgan fingerprint density at radius 2 is 1.82 bits per heavy atom. The van der Waals surface area contributed by atoms with Crippen LogP contribution in [0.15, 0.2) is 54.6 Å². The molecule has 4 rings (SSSR count). The minimum absolute atomic E-state index is 0.214. The molecule has 142 valence electrons. The van der Waals surface area contributed by atoms with Crippen LogP contribution in [0.1, 0.15) is 39.9 Å². The van der Waals surface area contributed by atoms with Gasteiger partial charge < -0.3 is 10.2 Å². The van der Waals surface area contributed by atoms with E-state index in [-0.39, 0.29) is 5.91 Å². The van der Waals surface area contributed by atoms with Crippen molar-refractivity contribution in [3.8, 4) is 0 Å². The van der Waals surface area contributed by atoms with Crippen molar-refractivity contribution in [3.63, 3.8) is 0 Å². The van der Waals surface area contributed by atoms with Gasteiger partial charge in [0.25, 0.3) is 5.91 Å². The molecule has 2 heterocycles. The third-order valence-corrected chi connectivity index (χ3v) is 5.13. The summed E-state index contributed by atoms with van der Waals surface area (Å²) < 4.78 is 0. The zero-order valence-corrected chi connectivity index (χ0v) is 16.3. The van der Waals surface area contributed by atoms with Gasteiger partial charge in [-0.1, -0.05) is 43.3 Å². The van der Waals surface area contributed by atoms with Crippen LogP contribution in [0.3, 0.4) is 0 Å². The molecule has 5 nitrogen and oxygen atoms in total. The van der Waals surface area contributed by atoms with Crippen LogP contribution in [0.2, 0.25) is 0 Å². The first kappa shape index (κ1) is 18.2. The van der Waals surface area contributed by atoms with Gasteiger partial charge >= 0.3 is 0 Å². The average Bonchev–Trinajstić information content (AvgIpc) is 2.73. The zero-order valence-electron chi connectivity index (χ0n) is 16.3. The van der Waals surface area contributed by atoms with Gasteiger partial charge in [-0.15, -0.1) is 0 Å². The van der Waals surface area contributed by atoms with Crippen molar-refractivity contribution in [2.45, 2.75) is 33.2 Å². The lowest BCUT2D eigenvalue weighted by Crippen LogP contribution is -2.31. The SMILES string of the molecule is CCc1ccc(NC(=O)c2cc(N3CCc4ccccc4C3)nc(C)n2)cc1. The topological polar surface area (TPSA) is 58.1 Å². The highest BCUT2D eigenvalue weighted by Gasteiger charge is 2.19. The summed E-state index contributed by atoms with van der Waals surface area (Å²) in [6, 6.07) is 18.2. The third-order valence-electron chi connectivity index (χ3n) is 5.13. The normalized spacial score (nSPS) is 13.1. The van der Waals surface area contributed by atoms with Crippen LogP contribution in [0, 0.1) is 6.92 Å². The Morgan fingerprint density at radius 1 is 1.07 bits per heavy atom. The minimum Gasteiger partial charge on any atom is -0.352 e. The van der Waals surface area contributed by atoms with Gasteiger partial charge in [-0.25, -0.2) is 9.97 Å². The van der Waals surface area contributed by atoms with E-state index in [0.717, 1.165) is 37.4 Å². The van der Waals surface area contributed by atoms with Crippen molar-refractivity contribution in [2.24, 2.45) is 0 Å². The van der Waals surface area contributed by atoms with Crippen molar-refractivity contribution in [1.82, 2.24) is 9.97 Å². The first-order chi connectivity index (χ1) is 13.6. The molecule has 28 heavy (non-hydrogen) atoms. The number of amides is 1. The monoisotopic (exact) mass is 372 g/mol. The Labute approximate surface area is 165 Å². The second-order valence-corrected chi connectivity index (χ2v) is 7.10. The van der Waals surface area contributed by atoms with Crippen LogP contribution in [0.25, 0.3) is 0 Å². The number of carbonyl (C=O) groups is 1. The van der Waals surface area contributed by atoms with Crippen LogP contribution in [0.4, 0.5) is 11.5 Å². The van der Waals surface area contributed by atoms with Gasteiger partial charge in [-0.3, -0.25) is 4.79 Å². The molecule has 3 aromatic rings. The number of fused-ring (bicyclic) bond motifs is 1. The van der Waals surface area contributed by atoms with Crippen molar-refractivity contribution in [3.05, 3.63) is 82.8 Å². The molecule has 1 amide bonds. The van der Waals surface area contributed by atoms with E-state index in [9.17, 15) is 4.79 Å². The molecule has 0 unspecified atom stereocenters. The van der Waals surface area contributed by atoms with E-state index >= 15 is 0 Å². The molecule has 5 heteroatoms. The Hall–Kier alpha value is -3.21. The van der Waals surface area contributed by atoms with Crippen LogP contribution in [-0.4, -0.2) is 22.4 Å². The Kier molecular flexibility index (Phi) is 5.06. The Morgan fingerprint density at radius 3 is 2.57 bits per heavy atom. The van der Waals surface area contributed by atoms with E-state index in [2.05, 4.69) is 51.4 Å². The number of carbonyl (C=O) groups excluding carboxylic acids is 1. The Balaban J connectivity index is 1.54. The average molecular weight is 372 g/mol. The lowest BCUT2D eigenvalue weighted by Gasteiger charge is -2.30. The fraction of sp³-hybridized carbons (Fsp3) is 0.261. The maximum Gasteiger partial charge on any atom is 0.274 e. The summed E-state index contributed by atoms with van der Waals surface area (Å²) in [6.07, 6.45) is 1.95. The summed E-state index contributed by atoms with van der Waals surface area (Å²) in [7, 11) is 0. The summed E-state index contributed by atoms with van der Waals surface area (Å²) in [6.45, 7) is 5.62. The molecular weight excluding hydrogens is 348 g/mol. The Bertz CT molecular complexity index is 998. The van der Waals surface area contributed by atoms with Gasteiger partial charge in [0.05, 0.1) is 0 Å². The van der Waals surface area contributed by atoms with E-state index in [1.807, 2.05) is 31.2 Å². The molecule has 0 saturated heterocycles. The zero-order chi connectivity index (χ0) is 19.5. The van der Waals surface area contributed by atoms with E-state index in [0.29, 0.717) is 11.5 Å². The fourth-order valence-electron chi connectivity index (χ4n) is 3.54. The van der Waals surface area contributed by atoms with E-state index in [1.165, 1.54) is 16.7 Å². The van der Waals surface area contributed by atoms with E-state index in [4.69, 9.17) is 0 Å². The van der Waals surface area contributed by atoms with E-state index < -0.39 is 0 Å². The summed E-state index contributed by atoms with van der Waals surface area (Å²) in [5.74, 6) is 1.18. The quantitative estimate of drug-likeness (QED) is 0.747. The third kappa shape index (κ3) is 3.88. The molecule has 1 aromatic heterocycles. The lowest BCUT2D eigenvalue weighted by molar-refractivity contribution is 0.102. The van der Waals surface area contributed by atoms with Crippen molar-refractivity contribution in [2.75, 3.05) is 16.8 Å². The number of benzene rings is 2. The molecule has 0 atom stereocenters. The molecule has 0 aliphatic carbocycles. The first-order valence-corrected chi connectivity index (χ1v) is 9.70. The fourth-order valence-corrected chi connectivity index (χ4v) is 3.54. The maximum absolute atomic E-state index is 12.7. The second kappa shape index (κ2) is 7.80. The van der Waals surface area contributed by atoms with Gasteiger partial charge in [-0.05, 0) is 48.6 Å². The van der Waals surface area contributed by atoms with Gasteiger partial charge in [-0.2, -0.15) is 0 Å². The van der Waals surface area contributed by atoms with Gasteiger partial charge in [0, 0.05) is 24.8 Å². The number of nitrogens with zero attached hydrogens (tertiary/aromatic N) is 3. The number of rotatable bonds is 4. The summed E-state index contributed by atoms with van der Waals surface area (Å²) >= 11 is 0. The van der Waals surface area contributed by atoms with Crippen LogP contribution < -0.4 is 10.2 Å². The molecule has 0 saturated carbocycles. The number of aromatic nitrogens is 2. The number of aryl methyl sites for hydroxylation is 2. The number of hydrogen-bond acceptors (Lipinski definition) is 4. The highest BCUT2D eigenvalue weighted by Crippen LogP contribution is 2.24. The maximum atomic E-state index is 12.7. The number of nitrogens with one attached hydrogen (secondary N) is 1. The lowest BCUT2D eigenvalue weighted by atomic mass is 10.00. The van der Waals surface area contributed by atoms with Crippen molar-refractivity contribution >= 4 is 17.4 Å². The molecule has 0 radical (unpaired) electrons. The first-order valence-electron chi connectivity index (χ1n) is 9.70. The molecule has 0 bridgehead atoms. The summed E-state index contributed by atoms with van der Waals surface area (Å²) in [5, 5.41) is 2.93. The van der Waals surface area contributed by atoms with Crippen LogP contribution in [-0.2, 0) is 19.4 Å². The smallest absolute Gasteiger partial charge is 0.274 e. The predicted octanol–water partition coefficient (Wildman–Crippen LogP) is 4.16. The van der Waals surface area contributed by atoms with Crippen molar-refractivity contribution < 1.29 is 4.79 Å². The highest BCUT2D eigenvalue weighted by atomic mass is 16.1. The van der Waals surface area contributed by atoms with Gasteiger partial charge in [0.15, 0.2) is 0 Å². The largest absolute Gasteiger partial charge is 0.352 e. The summed E-state index contributed by atoms with van der Waals surface area (Å²) in [5.41, 5.74) is 5.10. The van der Waals surface area contributed by atoms with Crippen LogP contribution in [0.5, 0.6) is 0 Å². The highest BCUT2D eigenvalue weighted by molar-refractivity contribution is 6.03. The molecular formula is C23H24N4O. The van der Waals surface area contributed by atoms with Crippen molar-refractivity contribution in [1.29, 1.82) is 0 Å². The van der Waals surface area contributed by atoms with Gasteiger partial charge in [0.1, 0.15) is 17.3 Å². The minimum atomic E-state index is -0.214. The number of anilines is 2. The molecule has 2 aromatic carbocycles. The van der Waals surface area contributed by atoms with E-state index in [1.54, 1.807) is 6.07 Å². The molecule has 1 aliphatic rings. The summed E-state index contributed by atoms with van der Waals surface area (Å²) in [4.78, 5) is 23.9. The number of hydrogen-bond donors (Lipinski definition) is 1. The van der Waals surface area contributed by atoms with Gasteiger partial charge in [0.2, 0.25) is 0 Å².